The number of aromatic amines is 1. The van der Waals surface area contributed by atoms with Crippen LogP contribution in [0.25, 0.3) is 10.2 Å². The van der Waals surface area contributed by atoms with Gasteiger partial charge in [0.1, 0.15) is 22.1 Å². The average Bonchev–Trinajstić information content (AvgIpc) is 3.10. The molecule has 0 aliphatic heterocycles. The highest BCUT2D eigenvalue weighted by molar-refractivity contribution is 7.20. The van der Waals surface area contributed by atoms with Crippen molar-refractivity contribution in [1.82, 2.24) is 14.9 Å². The van der Waals surface area contributed by atoms with Crippen molar-refractivity contribution in [2.24, 2.45) is 0 Å². The summed E-state index contributed by atoms with van der Waals surface area (Å²) in [6.45, 7) is 3.04. The summed E-state index contributed by atoms with van der Waals surface area (Å²) < 4.78 is 10.0. The minimum absolute atomic E-state index is 0.102. The second-order valence-corrected chi connectivity index (χ2v) is 8.27. The van der Waals surface area contributed by atoms with Crippen LogP contribution in [0.3, 0.4) is 0 Å². The van der Waals surface area contributed by atoms with E-state index in [0.29, 0.717) is 33.0 Å². The van der Waals surface area contributed by atoms with Crippen molar-refractivity contribution in [3.8, 4) is 12.3 Å². The molecule has 0 fully saturated rings. The highest BCUT2D eigenvalue weighted by Gasteiger charge is 2.21. The highest BCUT2D eigenvalue weighted by Crippen LogP contribution is 2.27. The zero-order chi connectivity index (χ0) is 23.1. The van der Waals surface area contributed by atoms with Gasteiger partial charge in [-0.3, -0.25) is 9.69 Å². The molecule has 3 rings (SSSR count). The molecule has 2 N–H and O–H groups in total. The van der Waals surface area contributed by atoms with E-state index in [0.717, 1.165) is 16.9 Å². The van der Waals surface area contributed by atoms with E-state index >= 15 is 0 Å². The third-order valence-corrected chi connectivity index (χ3v) is 5.97. The molecule has 2 aromatic heterocycles. The van der Waals surface area contributed by atoms with Crippen LogP contribution in [-0.4, -0.2) is 58.9 Å². The largest absolute Gasteiger partial charge is 0.465 e. The molecular weight excluding hydrogens is 430 g/mol. The molecule has 0 aliphatic rings. The van der Waals surface area contributed by atoms with E-state index in [1.807, 2.05) is 35.2 Å². The molecule has 3 aromatic rings. The lowest BCUT2D eigenvalue weighted by Gasteiger charge is -2.24. The first-order valence-corrected chi connectivity index (χ1v) is 10.8. The Balaban J connectivity index is 1.86. The minimum atomic E-state index is -0.766. The van der Waals surface area contributed by atoms with Crippen LogP contribution in [0.2, 0.25) is 0 Å². The summed E-state index contributed by atoms with van der Waals surface area (Å²) in [4.78, 5) is 34.9. The van der Waals surface area contributed by atoms with Gasteiger partial charge in [0, 0.05) is 13.1 Å². The summed E-state index contributed by atoms with van der Waals surface area (Å²) in [5.74, 6) is 2.31. The number of nitrogens with zero attached hydrogens (tertiary/aromatic N) is 2. The number of aliphatic hydroxyl groups is 1. The number of thiophene rings is 1. The van der Waals surface area contributed by atoms with Gasteiger partial charge in [-0.2, -0.15) is 0 Å². The fourth-order valence-electron chi connectivity index (χ4n) is 3.39. The lowest BCUT2D eigenvalue weighted by molar-refractivity contribution is 0.0238. The fourth-order valence-corrected chi connectivity index (χ4v) is 4.51. The molecule has 168 valence electrons. The molecule has 0 saturated heterocycles. The van der Waals surface area contributed by atoms with E-state index in [9.17, 15) is 14.7 Å². The smallest absolute Gasteiger partial charge is 0.348 e. The molecule has 1 atom stereocenters. The minimum Gasteiger partial charge on any atom is -0.465 e. The number of benzene rings is 1. The molecule has 9 heteroatoms. The van der Waals surface area contributed by atoms with Crippen molar-refractivity contribution in [1.29, 1.82) is 0 Å². The number of methoxy groups -OCH3 is 1. The number of rotatable bonds is 10. The first kappa shape index (κ1) is 23.6. The van der Waals surface area contributed by atoms with Gasteiger partial charge in [-0.05, 0) is 18.1 Å². The lowest BCUT2D eigenvalue weighted by Crippen LogP contribution is -2.35. The van der Waals surface area contributed by atoms with Crippen molar-refractivity contribution >= 4 is 27.5 Å². The first-order valence-electron chi connectivity index (χ1n) is 9.99. The van der Waals surface area contributed by atoms with E-state index in [2.05, 4.69) is 15.9 Å². The van der Waals surface area contributed by atoms with Crippen molar-refractivity contribution in [3.05, 3.63) is 62.5 Å². The molecule has 0 radical (unpaired) electrons. The van der Waals surface area contributed by atoms with E-state index in [4.69, 9.17) is 15.9 Å². The zero-order valence-electron chi connectivity index (χ0n) is 18.0. The molecule has 1 aromatic carbocycles. The number of ether oxygens (including phenoxy) is 2. The number of carbonyl (C=O) groups is 1. The molecule has 8 nitrogen and oxygen atoms in total. The van der Waals surface area contributed by atoms with Gasteiger partial charge in [0.2, 0.25) is 0 Å². The van der Waals surface area contributed by atoms with Crippen LogP contribution in [0.4, 0.5) is 0 Å². The van der Waals surface area contributed by atoms with Gasteiger partial charge in [0.15, 0.2) is 0 Å². The van der Waals surface area contributed by atoms with E-state index in [-0.39, 0.29) is 31.9 Å². The van der Waals surface area contributed by atoms with Gasteiger partial charge >= 0.3 is 5.97 Å². The molecule has 0 aliphatic carbocycles. The molecule has 0 bridgehead atoms. The number of hydrogen-bond acceptors (Lipinski definition) is 8. The van der Waals surface area contributed by atoms with Crippen LogP contribution in [-0.2, 0) is 22.6 Å². The first-order chi connectivity index (χ1) is 15.4. The molecule has 0 saturated carbocycles. The summed E-state index contributed by atoms with van der Waals surface area (Å²) in [7, 11) is 1.30. The maximum absolute atomic E-state index is 12.7. The molecule has 2 heterocycles. The zero-order valence-corrected chi connectivity index (χ0v) is 18.8. The Morgan fingerprint density at radius 3 is 2.78 bits per heavy atom. The predicted octanol–water partition coefficient (Wildman–Crippen LogP) is 2.09. The van der Waals surface area contributed by atoms with Gasteiger partial charge in [-0.15, -0.1) is 17.8 Å². The number of H-pyrrole nitrogens is 1. The third-order valence-electron chi connectivity index (χ3n) is 4.81. The normalized spacial score (nSPS) is 12.1. The highest BCUT2D eigenvalue weighted by atomic mass is 32.1. The van der Waals surface area contributed by atoms with Crippen molar-refractivity contribution in [2.45, 2.75) is 26.1 Å². The maximum atomic E-state index is 12.7. The SMILES string of the molecule is C#CCOCC(O)CN(Cc1ccccc1)Cc1nc2sc(C(=O)OC)c(C)c2c(=O)[nH]1. The van der Waals surface area contributed by atoms with Crippen LogP contribution in [0, 0.1) is 19.3 Å². The van der Waals surface area contributed by atoms with Gasteiger partial charge in [0.25, 0.3) is 5.56 Å². The number of hydrogen-bond donors (Lipinski definition) is 2. The van der Waals surface area contributed by atoms with Crippen LogP contribution < -0.4 is 5.56 Å². The lowest BCUT2D eigenvalue weighted by atomic mass is 10.2. The fraction of sp³-hybridized carbons (Fsp3) is 0.348. The van der Waals surface area contributed by atoms with Crippen molar-refractivity contribution in [2.75, 3.05) is 26.9 Å². The summed E-state index contributed by atoms with van der Waals surface area (Å²) in [5, 5.41) is 10.8. The van der Waals surface area contributed by atoms with E-state index < -0.39 is 12.1 Å². The second kappa shape index (κ2) is 11.0. The molecule has 0 amide bonds. The number of aromatic nitrogens is 2. The van der Waals surface area contributed by atoms with Crippen LogP contribution in [0.1, 0.15) is 26.6 Å². The maximum Gasteiger partial charge on any atom is 0.348 e. The van der Waals surface area contributed by atoms with Gasteiger partial charge in [-0.1, -0.05) is 36.3 Å². The Bertz CT molecular complexity index is 1170. The van der Waals surface area contributed by atoms with Crippen molar-refractivity contribution in [3.63, 3.8) is 0 Å². The molecule has 32 heavy (non-hydrogen) atoms. The summed E-state index contributed by atoms with van der Waals surface area (Å²) in [6.07, 6.45) is 4.42. The van der Waals surface area contributed by atoms with E-state index in [1.165, 1.54) is 7.11 Å². The molecular formula is C23H25N3O5S. The van der Waals surface area contributed by atoms with Gasteiger partial charge in [0.05, 0.1) is 31.8 Å². The Morgan fingerprint density at radius 1 is 1.34 bits per heavy atom. The Morgan fingerprint density at radius 2 is 2.09 bits per heavy atom. The number of aryl methyl sites for hydroxylation is 1. The standard InChI is InChI=1S/C23H25N3O5S/c1-4-10-31-14-17(27)12-26(11-16-8-6-5-7-9-16)13-18-24-21(28)19-15(2)20(23(29)30-3)32-22(19)25-18/h1,5-9,17,27H,10-14H2,2-3H3,(H,24,25,28). The summed E-state index contributed by atoms with van der Waals surface area (Å²) in [5.41, 5.74) is 1.29. The number of aliphatic hydroxyl groups excluding tert-OH is 1. The molecule has 1 unspecified atom stereocenters. The topological polar surface area (TPSA) is 105 Å². The quantitative estimate of drug-likeness (QED) is 0.274. The number of fused-ring (bicyclic) bond motifs is 1. The van der Waals surface area contributed by atoms with Gasteiger partial charge in [-0.25, -0.2) is 9.78 Å². The summed E-state index contributed by atoms with van der Waals surface area (Å²) in [6, 6.07) is 9.78. The Labute approximate surface area is 189 Å². The average molecular weight is 456 g/mol. The van der Waals surface area contributed by atoms with E-state index in [1.54, 1.807) is 6.92 Å². The Hall–Kier alpha value is -3.03. The Kier molecular flexibility index (Phi) is 8.14. The summed E-state index contributed by atoms with van der Waals surface area (Å²) >= 11 is 1.13. The van der Waals surface area contributed by atoms with Crippen LogP contribution in [0.5, 0.6) is 0 Å². The van der Waals surface area contributed by atoms with Gasteiger partial charge < -0.3 is 19.6 Å². The second-order valence-electron chi connectivity index (χ2n) is 7.27. The number of nitrogens with one attached hydrogen (secondary N) is 1. The number of terminal acetylenes is 1. The molecule has 0 spiro atoms. The van der Waals surface area contributed by atoms with Crippen molar-refractivity contribution < 1.29 is 19.4 Å². The monoisotopic (exact) mass is 455 g/mol. The third kappa shape index (κ3) is 5.81. The van der Waals surface area contributed by atoms with Crippen LogP contribution in [0.15, 0.2) is 35.1 Å². The van der Waals surface area contributed by atoms with Crippen LogP contribution >= 0.6 is 11.3 Å². The predicted molar refractivity (Wildman–Crippen MR) is 123 cm³/mol. The number of esters is 1. The number of carbonyl (C=O) groups excluding carboxylic acids is 1.